The second-order valence-corrected chi connectivity index (χ2v) is 5.06. The summed E-state index contributed by atoms with van der Waals surface area (Å²) in [6.07, 6.45) is 0. The summed E-state index contributed by atoms with van der Waals surface area (Å²) in [5.41, 5.74) is 5.11. The first-order valence-corrected chi connectivity index (χ1v) is 6.68. The molecule has 18 heavy (non-hydrogen) atoms. The smallest absolute Gasteiger partial charge is 0.119 e. The van der Waals surface area contributed by atoms with Crippen molar-refractivity contribution in [1.82, 2.24) is 5.43 Å². The van der Waals surface area contributed by atoms with Crippen LogP contribution < -0.4 is 16.0 Å². The van der Waals surface area contributed by atoms with Gasteiger partial charge in [0.25, 0.3) is 0 Å². The average molecular weight is 354 g/mol. The number of benzene rings is 2. The number of nitrogens with one attached hydrogen (secondary N) is 1. The predicted molar refractivity (Wildman–Crippen MR) is 81.3 cm³/mol. The van der Waals surface area contributed by atoms with Gasteiger partial charge < -0.3 is 4.74 Å². The molecule has 0 saturated heterocycles. The molecule has 0 aliphatic carbocycles. The zero-order valence-electron chi connectivity index (χ0n) is 10.1. The summed E-state index contributed by atoms with van der Waals surface area (Å²) in [5.74, 6) is 6.54. The van der Waals surface area contributed by atoms with Gasteiger partial charge in [0.15, 0.2) is 0 Å². The van der Waals surface area contributed by atoms with Crippen LogP contribution in [0.5, 0.6) is 5.75 Å². The lowest BCUT2D eigenvalue weighted by Crippen LogP contribution is -2.29. The van der Waals surface area contributed by atoms with Crippen molar-refractivity contribution in [3.8, 4) is 5.75 Å². The summed E-state index contributed by atoms with van der Waals surface area (Å²) in [4.78, 5) is 0. The maximum absolute atomic E-state index is 5.70. The SMILES string of the molecule is COc1cccc(C(NN)c2ccccc2I)c1. The third-order valence-electron chi connectivity index (χ3n) is 2.81. The number of hydrogen-bond donors (Lipinski definition) is 2. The summed E-state index contributed by atoms with van der Waals surface area (Å²) in [5, 5.41) is 0. The summed E-state index contributed by atoms with van der Waals surface area (Å²) in [6.45, 7) is 0. The molecular formula is C14H15IN2O. The first-order valence-electron chi connectivity index (χ1n) is 5.60. The van der Waals surface area contributed by atoms with Crippen LogP contribution in [-0.2, 0) is 0 Å². The molecule has 3 N–H and O–H groups in total. The van der Waals surface area contributed by atoms with E-state index in [4.69, 9.17) is 10.6 Å². The van der Waals surface area contributed by atoms with Crippen molar-refractivity contribution in [3.63, 3.8) is 0 Å². The number of ether oxygens (including phenoxy) is 1. The normalized spacial score (nSPS) is 12.2. The molecule has 1 unspecified atom stereocenters. The minimum atomic E-state index is -0.0341. The third-order valence-corrected chi connectivity index (χ3v) is 3.79. The minimum absolute atomic E-state index is 0.0341. The van der Waals surface area contributed by atoms with E-state index in [-0.39, 0.29) is 6.04 Å². The molecule has 1 atom stereocenters. The second kappa shape index (κ2) is 6.17. The molecule has 0 fully saturated rings. The Kier molecular flexibility index (Phi) is 4.57. The number of hydrazine groups is 1. The molecule has 0 radical (unpaired) electrons. The van der Waals surface area contributed by atoms with Gasteiger partial charge in [-0.1, -0.05) is 30.3 Å². The van der Waals surface area contributed by atoms with Gasteiger partial charge in [-0.15, -0.1) is 0 Å². The standard InChI is InChI=1S/C14H15IN2O/c1-18-11-6-4-5-10(9-11)14(17-16)12-7-2-3-8-13(12)15/h2-9,14,17H,16H2,1H3. The van der Waals surface area contributed by atoms with Gasteiger partial charge in [0.05, 0.1) is 13.2 Å². The van der Waals surface area contributed by atoms with Crippen molar-refractivity contribution in [1.29, 1.82) is 0 Å². The molecule has 0 spiro atoms. The molecule has 2 aromatic carbocycles. The number of nitrogens with two attached hydrogens (primary N) is 1. The monoisotopic (exact) mass is 354 g/mol. The van der Waals surface area contributed by atoms with Crippen LogP contribution in [0.15, 0.2) is 48.5 Å². The average Bonchev–Trinajstić information content (AvgIpc) is 2.42. The summed E-state index contributed by atoms with van der Waals surface area (Å²) in [6, 6.07) is 16.1. The quantitative estimate of drug-likeness (QED) is 0.504. The van der Waals surface area contributed by atoms with Crippen molar-refractivity contribution in [2.24, 2.45) is 5.84 Å². The van der Waals surface area contributed by atoms with E-state index in [1.165, 1.54) is 3.57 Å². The Morgan fingerprint density at radius 2 is 1.94 bits per heavy atom. The number of rotatable bonds is 4. The van der Waals surface area contributed by atoms with Gasteiger partial charge in [-0.3, -0.25) is 5.84 Å². The third kappa shape index (κ3) is 2.82. The fourth-order valence-electron chi connectivity index (χ4n) is 1.90. The highest BCUT2D eigenvalue weighted by Crippen LogP contribution is 2.27. The van der Waals surface area contributed by atoms with Crippen molar-refractivity contribution in [2.45, 2.75) is 6.04 Å². The van der Waals surface area contributed by atoms with E-state index in [1.54, 1.807) is 7.11 Å². The predicted octanol–water partition coefficient (Wildman–Crippen LogP) is 2.85. The minimum Gasteiger partial charge on any atom is -0.497 e. The molecule has 4 heteroatoms. The van der Waals surface area contributed by atoms with Gasteiger partial charge in [0, 0.05) is 3.57 Å². The topological polar surface area (TPSA) is 47.3 Å². The lowest BCUT2D eigenvalue weighted by atomic mass is 9.99. The molecule has 2 aromatic rings. The van der Waals surface area contributed by atoms with E-state index in [0.717, 1.165) is 16.9 Å². The van der Waals surface area contributed by atoms with Crippen molar-refractivity contribution in [2.75, 3.05) is 7.11 Å². The van der Waals surface area contributed by atoms with Gasteiger partial charge in [-0.25, -0.2) is 5.43 Å². The Hall–Kier alpha value is -1.11. The van der Waals surface area contributed by atoms with Crippen molar-refractivity contribution < 1.29 is 4.74 Å². The van der Waals surface area contributed by atoms with Crippen LogP contribution in [-0.4, -0.2) is 7.11 Å². The van der Waals surface area contributed by atoms with E-state index < -0.39 is 0 Å². The molecule has 0 saturated carbocycles. The Morgan fingerprint density at radius 3 is 2.61 bits per heavy atom. The van der Waals surface area contributed by atoms with Crippen LogP contribution in [0.1, 0.15) is 17.2 Å². The molecule has 0 heterocycles. The zero-order chi connectivity index (χ0) is 13.0. The Labute approximate surface area is 120 Å². The molecular weight excluding hydrogens is 339 g/mol. The molecule has 0 amide bonds. The Morgan fingerprint density at radius 1 is 1.17 bits per heavy atom. The Bertz CT molecular complexity index is 531. The fraction of sp³-hybridized carbons (Fsp3) is 0.143. The van der Waals surface area contributed by atoms with Gasteiger partial charge in [-0.2, -0.15) is 0 Å². The summed E-state index contributed by atoms with van der Waals surface area (Å²) < 4.78 is 6.43. The van der Waals surface area contributed by atoms with Gasteiger partial charge in [-0.05, 0) is 51.9 Å². The molecule has 0 aromatic heterocycles. The van der Waals surface area contributed by atoms with Gasteiger partial charge >= 0.3 is 0 Å². The molecule has 94 valence electrons. The van der Waals surface area contributed by atoms with Gasteiger partial charge in [0.1, 0.15) is 5.75 Å². The fourth-order valence-corrected chi connectivity index (χ4v) is 2.59. The van der Waals surface area contributed by atoms with E-state index >= 15 is 0 Å². The maximum Gasteiger partial charge on any atom is 0.119 e. The van der Waals surface area contributed by atoms with Crippen LogP contribution >= 0.6 is 22.6 Å². The molecule has 2 rings (SSSR count). The largest absolute Gasteiger partial charge is 0.497 e. The zero-order valence-corrected chi connectivity index (χ0v) is 12.2. The first kappa shape index (κ1) is 13.3. The van der Waals surface area contributed by atoms with E-state index in [1.807, 2.05) is 36.4 Å². The molecule has 3 nitrogen and oxygen atoms in total. The van der Waals surface area contributed by atoms with Crippen molar-refractivity contribution in [3.05, 3.63) is 63.2 Å². The van der Waals surface area contributed by atoms with Crippen LogP contribution in [0.25, 0.3) is 0 Å². The van der Waals surface area contributed by atoms with Gasteiger partial charge in [0.2, 0.25) is 0 Å². The maximum atomic E-state index is 5.70. The van der Waals surface area contributed by atoms with Crippen LogP contribution in [0.4, 0.5) is 0 Å². The summed E-state index contributed by atoms with van der Waals surface area (Å²) in [7, 11) is 1.66. The van der Waals surface area contributed by atoms with E-state index in [2.05, 4.69) is 40.1 Å². The highest BCUT2D eigenvalue weighted by atomic mass is 127. The molecule has 0 aliphatic rings. The lowest BCUT2D eigenvalue weighted by Gasteiger charge is -2.18. The highest BCUT2D eigenvalue weighted by Gasteiger charge is 2.15. The molecule has 0 bridgehead atoms. The molecule has 0 aliphatic heterocycles. The second-order valence-electron chi connectivity index (χ2n) is 3.90. The number of halogens is 1. The highest BCUT2D eigenvalue weighted by molar-refractivity contribution is 14.1. The number of hydrogen-bond acceptors (Lipinski definition) is 3. The number of methoxy groups -OCH3 is 1. The van der Waals surface area contributed by atoms with Crippen LogP contribution in [0, 0.1) is 3.57 Å². The van der Waals surface area contributed by atoms with Crippen LogP contribution in [0.3, 0.4) is 0 Å². The Balaban J connectivity index is 2.42. The first-order chi connectivity index (χ1) is 8.76. The van der Waals surface area contributed by atoms with E-state index in [9.17, 15) is 0 Å². The van der Waals surface area contributed by atoms with E-state index in [0.29, 0.717) is 0 Å². The summed E-state index contributed by atoms with van der Waals surface area (Å²) >= 11 is 2.32. The lowest BCUT2D eigenvalue weighted by molar-refractivity contribution is 0.413. The van der Waals surface area contributed by atoms with Crippen LogP contribution in [0.2, 0.25) is 0 Å². The van der Waals surface area contributed by atoms with Crippen molar-refractivity contribution >= 4 is 22.6 Å².